The van der Waals surface area contributed by atoms with Crippen molar-refractivity contribution >= 4 is 0 Å². The Bertz CT molecular complexity index is 526. The molecule has 0 bridgehead atoms. The Morgan fingerprint density at radius 3 is 2.79 bits per heavy atom. The van der Waals surface area contributed by atoms with Crippen molar-refractivity contribution in [1.82, 2.24) is 10.3 Å². The van der Waals surface area contributed by atoms with Gasteiger partial charge in [0.2, 0.25) is 0 Å². The molecule has 0 saturated heterocycles. The lowest BCUT2D eigenvalue weighted by molar-refractivity contribution is 0.339. The molecule has 0 atom stereocenters. The van der Waals surface area contributed by atoms with Gasteiger partial charge >= 0.3 is 0 Å². The molecule has 100 valence electrons. The maximum atomic E-state index is 5.51. The topological polar surface area (TPSA) is 34.2 Å². The van der Waals surface area contributed by atoms with Gasteiger partial charge in [0.1, 0.15) is 5.75 Å². The molecule has 1 aromatic carbocycles. The molecule has 0 unspecified atom stereocenters. The quantitative estimate of drug-likeness (QED) is 0.861. The molecule has 1 N–H and O–H groups in total. The second-order valence-electron chi connectivity index (χ2n) is 4.28. The third-order valence-corrected chi connectivity index (χ3v) is 2.92. The number of benzene rings is 1. The highest BCUT2D eigenvalue weighted by Crippen LogP contribution is 2.26. The minimum Gasteiger partial charge on any atom is -0.492 e. The van der Waals surface area contributed by atoms with Crippen LogP contribution >= 0.6 is 0 Å². The smallest absolute Gasteiger partial charge is 0.138 e. The summed E-state index contributed by atoms with van der Waals surface area (Å²) in [6.07, 6.45) is 3.63. The molecule has 19 heavy (non-hydrogen) atoms. The molecule has 1 heterocycles. The van der Waals surface area contributed by atoms with Crippen LogP contribution in [0, 0.1) is 0 Å². The van der Waals surface area contributed by atoms with Crippen LogP contribution in [-0.2, 0) is 6.54 Å². The van der Waals surface area contributed by atoms with E-state index in [2.05, 4.69) is 41.5 Å². The largest absolute Gasteiger partial charge is 0.492 e. The first-order valence-corrected chi connectivity index (χ1v) is 6.72. The van der Waals surface area contributed by atoms with E-state index in [4.69, 9.17) is 4.74 Å². The van der Waals surface area contributed by atoms with Gasteiger partial charge in [-0.2, -0.15) is 0 Å². The summed E-state index contributed by atoms with van der Waals surface area (Å²) in [7, 11) is 0. The second-order valence-corrected chi connectivity index (χ2v) is 4.28. The van der Waals surface area contributed by atoms with Crippen LogP contribution in [0.4, 0.5) is 0 Å². The molecule has 3 nitrogen and oxygen atoms in total. The predicted octanol–water partition coefficient (Wildman–Crippen LogP) is 3.26. The lowest BCUT2D eigenvalue weighted by Gasteiger charge is -2.11. The van der Waals surface area contributed by atoms with Gasteiger partial charge in [0.05, 0.1) is 12.8 Å². The summed E-state index contributed by atoms with van der Waals surface area (Å²) in [5, 5.41) is 3.36. The molecule has 0 spiro atoms. The predicted molar refractivity (Wildman–Crippen MR) is 78.2 cm³/mol. The van der Waals surface area contributed by atoms with Gasteiger partial charge in [0.15, 0.2) is 0 Å². The fourth-order valence-corrected chi connectivity index (χ4v) is 2.03. The van der Waals surface area contributed by atoms with E-state index in [9.17, 15) is 0 Å². The van der Waals surface area contributed by atoms with E-state index < -0.39 is 0 Å². The zero-order chi connectivity index (χ0) is 13.5. The van der Waals surface area contributed by atoms with E-state index in [1.165, 1.54) is 11.1 Å². The van der Waals surface area contributed by atoms with Gasteiger partial charge in [0.25, 0.3) is 0 Å². The average molecular weight is 256 g/mol. The Kier molecular flexibility index (Phi) is 4.93. The van der Waals surface area contributed by atoms with E-state index in [1.807, 2.05) is 19.2 Å². The Morgan fingerprint density at radius 1 is 1.16 bits per heavy atom. The van der Waals surface area contributed by atoms with Crippen LogP contribution in [0.1, 0.15) is 19.4 Å². The molecular formula is C16H20N2O. The summed E-state index contributed by atoms with van der Waals surface area (Å²) >= 11 is 0. The van der Waals surface area contributed by atoms with Crippen molar-refractivity contribution in [1.29, 1.82) is 0 Å². The van der Waals surface area contributed by atoms with Gasteiger partial charge in [-0.25, -0.2) is 0 Å². The standard InChI is InChI=1S/C16H20N2O/c1-3-17-10-13-7-5-6-8-16(13)14-9-15(19-4-2)12-18-11-14/h5-9,11-12,17H,3-4,10H2,1-2H3. The summed E-state index contributed by atoms with van der Waals surface area (Å²) in [5.74, 6) is 0.818. The van der Waals surface area contributed by atoms with E-state index in [1.54, 1.807) is 6.20 Å². The molecule has 0 fully saturated rings. The summed E-state index contributed by atoms with van der Waals surface area (Å²) in [6, 6.07) is 10.4. The fourth-order valence-electron chi connectivity index (χ4n) is 2.03. The zero-order valence-corrected chi connectivity index (χ0v) is 11.5. The van der Waals surface area contributed by atoms with Gasteiger partial charge in [-0.15, -0.1) is 0 Å². The first kappa shape index (κ1) is 13.6. The highest BCUT2D eigenvalue weighted by atomic mass is 16.5. The van der Waals surface area contributed by atoms with Gasteiger partial charge in [-0.1, -0.05) is 31.2 Å². The Balaban J connectivity index is 2.32. The number of rotatable bonds is 6. The molecule has 3 heteroatoms. The van der Waals surface area contributed by atoms with Crippen LogP contribution in [0.2, 0.25) is 0 Å². The van der Waals surface area contributed by atoms with Crippen molar-refractivity contribution in [2.75, 3.05) is 13.2 Å². The van der Waals surface area contributed by atoms with Crippen LogP contribution in [0.5, 0.6) is 5.75 Å². The van der Waals surface area contributed by atoms with Crippen LogP contribution in [-0.4, -0.2) is 18.1 Å². The first-order valence-electron chi connectivity index (χ1n) is 6.72. The number of pyridine rings is 1. The summed E-state index contributed by atoms with van der Waals surface area (Å²) in [4.78, 5) is 4.26. The van der Waals surface area contributed by atoms with Crippen molar-refractivity contribution in [2.45, 2.75) is 20.4 Å². The number of nitrogens with zero attached hydrogens (tertiary/aromatic N) is 1. The third-order valence-electron chi connectivity index (χ3n) is 2.92. The third kappa shape index (κ3) is 3.55. The number of nitrogens with one attached hydrogen (secondary N) is 1. The minimum absolute atomic E-state index is 0.657. The number of ether oxygens (including phenoxy) is 1. The van der Waals surface area contributed by atoms with Crippen LogP contribution in [0.3, 0.4) is 0 Å². The molecular weight excluding hydrogens is 236 g/mol. The summed E-state index contributed by atoms with van der Waals surface area (Å²) in [6.45, 7) is 6.58. The van der Waals surface area contributed by atoms with Crippen molar-refractivity contribution in [3.63, 3.8) is 0 Å². The fraction of sp³-hybridized carbons (Fsp3) is 0.312. The number of aromatic nitrogens is 1. The molecule has 0 aliphatic rings. The van der Waals surface area contributed by atoms with Gasteiger partial charge in [0, 0.05) is 18.3 Å². The summed E-state index contributed by atoms with van der Waals surface area (Å²) in [5.41, 5.74) is 3.58. The molecule has 2 rings (SSSR count). The number of hydrogen-bond donors (Lipinski definition) is 1. The van der Waals surface area contributed by atoms with Crippen molar-refractivity contribution in [3.05, 3.63) is 48.3 Å². The van der Waals surface area contributed by atoms with Gasteiger partial charge < -0.3 is 10.1 Å². The van der Waals surface area contributed by atoms with E-state index in [0.29, 0.717) is 6.61 Å². The van der Waals surface area contributed by atoms with Crippen LogP contribution in [0.15, 0.2) is 42.7 Å². The van der Waals surface area contributed by atoms with Gasteiger partial charge in [-0.05, 0) is 30.7 Å². The minimum atomic E-state index is 0.657. The molecule has 0 aliphatic carbocycles. The first-order chi connectivity index (χ1) is 9.35. The van der Waals surface area contributed by atoms with Crippen molar-refractivity contribution < 1.29 is 4.74 Å². The molecule has 0 saturated carbocycles. The molecule has 0 aliphatic heterocycles. The molecule has 0 radical (unpaired) electrons. The maximum absolute atomic E-state index is 5.51. The van der Waals surface area contributed by atoms with Crippen molar-refractivity contribution in [3.8, 4) is 16.9 Å². The lowest BCUT2D eigenvalue weighted by atomic mass is 10.0. The molecule has 1 aromatic heterocycles. The Hall–Kier alpha value is -1.87. The van der Waals surface area contributed by atoms with Crippen LogP contribution in [0.25, 0.3) is 11.1 Å². The maximum Gasteiger partial charge on any atom is 0.138 e. The molecule has 2 aromatic rings. The Morgan fingerprint density at radius 2 is 2.00 bits per heavy atom. The van der Waals surface area contributed by atoms with E-state index >= 15 is 0 Å². The SMILES string of the molecule is CCNCc1ccccc1-c1cncc(OCC)c1. The average Bonchev–Trinajstić information content (AvgIpc) is 2.46. The second kappa shape index (κ2) is 6.90. The summed E-state index contributed by atoms with van der Waals surface area (Å²) < 4.78 is 5.51. The molecule has 0 amide bonds. The van der Waals surface area contributed by atoms with E-state index in [-0.39, 0.29) is 0 Å². The number of hydrogen-bond acceptors (Lipinski definition) is 3. The van der Waals surface area contributed by atoms with E-state index in [0.717, 1.165) is 24.4 Å². The van der Waals surface area contributed by atoms with Gasteiger partial charge in [-0.3, -0.25) is 4.98 Å². The zero-order valence-electron chi connectivity index (χ0n) is 11.5. The Labute approximate surface area is 114 Å². The van der Waals surface area contributed by atoms with Crippen LogP contribution < -0.4 is 10.1 Å². The highest BCUT2D eigenvalue weighted by Gasteiger charge is 2.05. The van der Waals surface area contributed by atoms with Crippen molar-refractivity contribution in [2.24, 2.45) is 0 Å². The highest BCUT2D eigenvalue weighted by molar-refractivity contribution is 5.67. The monoisotopic (exact) mass is 256 g/mol. The lowest BCUT2D eigenvalue weighted by Crippen LogP contribution is -2.12. The normalized spacial score (nSPS) is 10.4.